The van der Waals surface area contributed by atoms with Gasteiger partial charge in [0.25, 0.3) is 0 Å². The SMILES string of the molecule is Cc1cc(C)c(C(C)NCC(C)(C)C#N)cc1C. The molecule has 0 bridgehead atoms. The molecule has 2 heteroatoms. The van der Waals surface area contributed by atoms with Gasteiger partial charge in [-0.3, -0.25) is 0 Å². The highest BCUT2D eigenvalue weighted by Crippen LogP contribution is 2.22. The van der Waals surface area contributed by atoms with Crippen LogP contribution in [0.5, 0.6) is 0 Å². The molecule has 0 amide bonds. The average molecular weight is 244 g/mol. The fourth-order valence-electron chi connectivity index (χ4n) is 2.01. The van der Waals surface area contributed by atoms with E-state index in [4.69, 9.17) is 5.26 Å². The van der Waals surface area contributed by atoms with Crippen LogP contribution in [0.1, 0.15) is 49.1 Å². The summed E-state index contributed by atoms with van der Waals surface area (Å²) in [7, 11) is 0. The van der Waals surface area contributed by atoms with Crippen molar-refractivity contribution < 1.29 is 0 Å². The molecule has 1 atom stereocenters. The Morgan fingerprint density at radius 1 is 1.17 bits per heavy atom. The molecule has 0 aliphatic carbocycles. The second kappa shape index (κ2) is 5.54. The summed E-state index contributed by atoms with van der Waals surface area (Å²) in [5.41, 5.74) is 4.98. The van der Waals surface area contributed by atoms with Crippen molar-refractivity contribution in [2.24, 2.45) is 5.41 Å². The topological polar surface area (TPSA) is 35.8 Å². The summed E-state index contributed by atoms with van der Waals surface area (Å²) in [5.74, 6) is 0. The second-order valence-corrected chi connectivity index (χ2v) is 5.89. The van der Waals surface area contributed by atoms with E-state index in [0.29, 0.717) is 6.54 Å². The number of rotatable bonds is 4. The lowest BCUT2D eigenvalue weighted by molar-refractivity contribution is 0.414. The molecule has 0 aromatic heterocycles. The molecule has 2 nitrogen and oxygen atoms in total. The van der Waals surface area contributed by atoms with Crippen molar-refractivity contribution in [3.8, 4) is 6.07 Å². The number of nitriles is 1. The second-order valence-electron chi connectivity index (χ2n) is 5.89. The number of benzene rings is 1. The predicted octanol–water partition coefficient (Wildman–Crippen LogP) is 3.81. The Hall–Kier alpha value is -1.33. The number of hydrogen-bond donors (Lipinski definition) is 1. The van der Waals surface area contributed by atoms with Gasteiger partial charge in [-0.25, -0.2) is 0 Å². The Kier molecular flexibility index (Phi) is 4.53. The minimum Gasteiger partial charge on any atom is -0.309 e. The van der Waals surface area contributed by atoms with Gasteiger partial charge in [0.2, 0.25) is 0 Å². The van der Waals surface area contributed by atoms with E-state index in [9.17, 15) is 0 Å². The Labute approximate surface area is 111 Å². The molecular weight excluding hydrogens is 220 g/mol. The van der Waals surface area contributed by atoms with Crippen molar-refractivity contribution in [3.63, 3.8) is 0 Å². The van der Waals surface area contributed by atoms with E-state index in [1.165, 1.54) is 22.3 Å². The summed E-state index contributed by atoms with van der Waals surface area (Å²) in [4.78, 5) is 0. The minimum absolute atomic E-state index is 0.275. The molecule has 1 N–H and O–H groups in total. The normalized spacial score (nSPS) is 13.2. The molecule has 0 heterocycles. The molecule has 1 rings (SSSR count). The van der Waals surface area contributed by atoms with E-state index in [-0.39, 0.29) is 11.5 Å². The van der Waals surface area contributed by atoms with Crippen LogP contribution in [0.3, 0.4) is 0 Å². The molecule has 0 aliphatic heterocycles. The first-order valence-corrected chi connectivity index (χ1v) is 6.49. The van der Waals surface area contributed by atoms with Crippen molar-refractivity contribution in [3.05, 3.63) is 34.4 Å². The maximum absolute atomic E-state index is 9.02. The minimum atomic E-state index is -0.318. The highest BCUT2D eigenvalue weighted by atomic mass is 14.9. The Bertz CT molecular complexity index is 467. The predicted molar refractivity (Wildman–Crippen MR) is 76.5 cm³/mol. The van der Waals surface area contributed by atoms with Crippen molar-refractivity contribution in [1.82, 2.24) is 5.32 Å². The number of nitrogens with one attached hydrogen (secondary N) is 1. The average Bonchev–Trinajstić information content (AvgIpc) is 2.31. The van der Waals surface area contributed by atoms with Gasteiger partial charge in [0, 0.05) is 12.6 Å². The molecule has 1 unspecified atom stereocenters. The number of aryl methyl sites for hydroxylation is 3. The summed E-state index contributed by atoms with van der Waals surface area (Å²) in [6, 6.07) is 7.08. The van der Waals surface area contributed by atoms with E-state index >= 15 is 0 Å². The first-order chi connectivity index (χ1) is 8.26. The lowest BCUT2D eigenvalue weighted by atomic mass is 9.93. The third kappa shape index (κ3) is 3.58. The number of hydrogen-bond acceptors (Lipinski definition) is 2. The fourth-order valence-corrected chi connectivity index (χ4v) is 2.01. The van der Waals surface area contributed by atoms with Gasteiger partial charge >= 0.3 is 0 Å². The quantitative estimate of drug-likeness (QED) is 0.874. The third-order valence-corrected chi connectivity index (χ3v) is 3.50. The highest BCUT2D eigenvalue weighted by Gasteiger charge is 2.18. The van der Waals surface area contributed by atoms with Gasteiger partial charge in [-0.15, -0.1) is 0 Å². The van der Waals surface area contributed by atoms with E-state index in [1.807, 2.05) is 13.8 Å². The molecule has 98 valence electrons. The van der Waals surface area contributed by atoms with Gasteiger partial charge < -0.3 is 5.32 Å². The Morgan fingerprint density at radius 3 is 2.28 bits per heavy atom. The van der Waals surface area contributed by atoms with Gasteiger partial charge in [0.1, 0.15) is 0 Å². The van der Waals surface area contributed by atoms with Crippen molar-refractivity contribution in [2.75, 3.05) is 6.54 Å². The van der Waals surface area contributed by atoms with Crippen molar-refractivity contribution >= 4 is 0 Å². The van der Waals surface area contributed by atoms with Gasteiger partial charge in [-0.05, 0) is 63.8 Å². The molecule has 0 radical (unpaired) electrons. The van der Waals surface area contributed by atoms with E-state index in [1.54, 1.807) is 0 Å². The zero-order valence-corrected chi connectivity index (χ0v) is 12.4. The maximum atomic E-state index is 9.02. The van der Waals surface area contributed by atoms with Gasteiger partial charge in [0.05, 0.1) is 11.5 Å². The highest BCUT2D eigenvalue weighted by molar-refractivity contribution is 5.38. The molecule has 0 saturated heterocycles. The monoisotopic (exact) mass is 244 g/mol. The molecule has 0 spiro atoms. The van der Waals surface area contributed by atoms with E-state index in [0.717, 1.165) is 0 Å². The third-order valence-electron chi connectivity index (χ3n) is 3.50. The van der Waals surface area contributed by atoms with Crippen LogP contribution in [0.25, 0.3) is 0 Å². The molecule has 1 aromatic rings. The standard InChI is InChI=1S/C16H24N2/c1-11-7-13(3)15(8-12(11)2)14(4)18-10-16(5,6)9-17/h7-8,14,18H,10H2,1-6H3. The zero-order valence-electron chi connectivity index (χ0n) is 12.4. The summed E-state index contributed by atoms with van der Waals surface area (Å²) < 4.78 is 0. The van der Waals surface area contributed by atoms with Crippen LogP contribution in [0, 0.1) is 37.5 Å². The first-order valence-electron chi connectivity index (χ1n) is 6.49. The largest absolute Gasteiger partial charge is 0.309 e. The lowest BCUT2D eigenvalue weighted by Gasteiger charge is -2.22. The first kappa shape index (κ1) is 14.7. The molecule has 0 saturated carbocycles. The Morgan fingerprint density at radius 2 is 1.72 bits per heavy atom. The maximum Gasteiger partial charge on any atom is 0.0697 e. The van der Waals surface area contributed by atoms with Gasteiger partial charge in [0.15, 0.2) is 0 Å². The Balaban J connectivity index is 2.83. The summed E-state index contributed by atoms with van der Waals surface area (Å²) in [5, 5.41) is 12.5. The van der Waals surface area contributed by atoms with Crippen LogP contribution in [0.2, 0.25) is 0 Å². The van der Waals surface area contributed by atoms with Crippen LogP contribution < -0.4 is 5.32 Å². The number of nitrogens with zero attached hydrogens (tertiary/aromatic N) is 1. The van der Waals surface area contributed by atoms with Crippen LogP contribution in [-0.2, 0) is 0 Å². The van der Waals surface area contributed by atoms with Crippen LogP contribution in [0.4, 0.5) is 0 Å². The molecule has 1 aromatic carbocycles. The summed E-state index contributed by atoms with van der Waals surface area (Å²) in [6.45, 7) is 13.2. The zero-order chi connectivity index (χ0) is 13.9. The van der Waals surface area contributed by atoms with Crippen molar-refractivity contribution in [2.45, 2.75) is 47.6 Å². The van der Waals surface area contributed by atoms with E-state index < -0.39 is 0 Å². The van der Waals surface area contributed by atoms with Crippen LogP contribution in [-0.4, -0.2) is 6.54 Å². The smallest absolute Gasteiger partial charge is 0.0697 e. The van der Waals surface area contributed by atoms with Crippen LogP contribution in [0.15, 0.2) is 12.1 Å². The summed E-state index contributed by atoms with van der Waals surface area (Å²) >= 11 is 0. The molecule has 0 aliphatic rings. The molecule has 0 fully saturated rings. The summed E-state index contributed by atoms with van der Waals surface area (Å²) in [6.07, 6.45) is 0. The van der Waals surface area contributed by atoms with Crippen LogP contribution >= 0.6 is 0 Å². The van der Waals surface area contributed by atoms with Gasteiger partial charge in [-0.2, -0.15) is 5.26 Å². The molecule has 18 heavy (non-hydrogen) atoms. The van der Waals surface area contributed by atoms with Gasteiger partial charge in [-0.1, -0.05) is 12.1 Å². The van der Waals surface area contributed by atoms with E-state index in [2.05, 4.69) is 51.2 Å². The lowest BCUT2D eigenvalue weighted by Crippen LogP contribution is -2.30. The van der Waals surface area contributed by atoms with Crippen molar-refractivity contribution in [1.29, 1.82) is 5.26 Å². The fraction of sp³-hybridized carbons (Fsp3) is 0.562. The molecular formula is C16H24N2.